The molecule has 1 aliphatic heterocycles. The summed E-state index contributed by atoms with van der Waals surface area (Å²) in [6.45, 7) is 5.23. The second-order valence-electron chi connectivity index (χ2n) is 4.70. The number of hydrogen-bond donors (Lipinski definition) is 3. The number of rotatable bonds is 4. The summed E-state index contributed by atoms with van der Waals surface area (Å²) in [5, 5.41) is 17.0. The number of hydrogen-bond acceptors (Lipinski definition) is 3. The van der Waals surface area contributed by atoms with E-state index in [0.717, 1.165) is 30.2 Å². The third-order valence-electron chi connectivity index (χ3n) is 3.28. The van der Waals surface area contributed by atoms with E-state index >= 15 is 0 Å². The van der Waals surface area contributed by atoms with Gasteiger partial charge in [0.05, 0.1) is 6.10 Å². The summed E-state index contributed by atoms with van der Waals surface area (Å²) in [5.41, 5.74) is 2.28. The van der Waals surface area contributed by atoms with Gasteiger partial charge in [0.25, 0.3) is 0 Å². The Kier molecular flexibility index (Phi) is 4.40. The molecule has 0 aromatic heterocycles. The zero-order valence-electron chi connectivity index (χ0n) is 10.0. The van der Waals surface area contributed by atoms with Crippen LogP contribution in [0.5, 0.6) is 0 Å². The van der Waals surface area contributed by atoms with Crippen molar-refractivity contribution in [3.05, 3.63) is 34.3 Å². The second-order valence-corrected chi connectivity index (χ2v) is 5.11. The zero-order valence-corrected chi connectivity index (χ0v) is 10.8. The maximum Gasteiger partial charge on any atom is 0.0716 e. The van der Waals surface area contributed by atoms with Gasteiger partial charge < -0.3 is 15.7 Å². The average molecular weight is 255 g/mol. The van der Waals surface area contributed by atoms with Gasteiger partial charge in [0, 0.05) is 37.1 Å². The third kappa shape index (κ3) is 3.42. The predicted molar refractivity (Wildman–Crippen MR) is 70.3 cm³/mol. The van der Waals surface area contributed by atoms with Crippen LogP contribution in [0.1, 0.15) is 11.1 Å². The van der Waals surface area contributed by atoms with Gasteiger partial charge in [-0.15, -0.1) is 0 Å². The number of β-amino-alcohol motifs (C(OH)–C–C–N with tert-alkyl or cyclic N) is 1. The fourth-order valence-electron chi connectivity index (χ4n) is 2.08. The van der Waals surface area contributed by atoms with Gasteiger partial charge in [-0.05, 0) is 24.1 Å². The van der Waals surface area contributed by atoms with Crippen LogP contribution in [-0.4, -0.2) is 30.8 Å². The minimum absolute atomic E-state index is 0.218. The lowest BCUT2D eigenvalue weighted by molar-refractivity contribution is 0.146. The van der Waals surface area contributed by atoms with Crippen molar-refractivity contribution in [3.63, 3.8) is 0 Å². The monoisotopic (exact) mass is 254 g/mol. The van der Waals surface area contributed by atoms with E-state index in [1.165, 1.54) is 5.56 Å². The highest BCUT2D eigenvalue weighted by Gasteiger charge is 2.23. The predicted octanol–water partition coefficient (Wildman–Crippen LogP) is 1.32. The molecular weight excluding hydrogens is 236 g/mol. The molecule has 0 bridgehead atoms. The fourth-order valence-corrected chi connectivity index (χ4v) is 2.28. The van der Waals surface area contributed by atoms with Crippen LogP contribution in [0.25, 0.3) is 0 Å². The molecular formula is C13H19ClN2O. The molecule has 0 saturated carbocycles. The smallest absolute Gasteiger partial charge is 0.0716 e. The van der Waals surface area contributed by atoms with Crippen LogP contribution in [0, 0.1) is 12.8 Å². The molecule has 0 spiro atoms. The largest absolute Gasteiger partial charge is 0.391 e. The Bertz CT molecular complexity index is 384. The quantitative estimate of drug-likeness (QED) is 0.759. The highest BCUT2D eigenvalue weighted by atomic mass is 35.5. The van der Waals surface area contributed by atoms with Crippen LogP contribution in [0.2, 0.25) is 5.02 Å². The Hall–Kier alpha value is -0.610. The lowest BCUT2D eigenvalue weighted by atomic mass is 10.1. The highest BCUT2D eigenvalue weighted by Crippen LogP contribution is 2.16. The molecule has 1 aromatic rings. The van der Waals surface area contributed by atoms with Gasteiger partial charge in [0.15, 0.2) is 0 Å². The number of aliphatic hydroxyl groups is 1. The Morgan fingerprint density at radius 1 is 1.47 bits per heavy atom. The minimum Gasteiger partial charge on any atom is -0.391 e. The van der Waals surface area contributed by atoms with Crippen molar-refractivity contribution in [2.24, 2.45) is 5.92 Å². The van der Waals surface area contributed by atoms with Crippen LogP contribution < -0.4 is 10.6 Å². The van der Waals surface area contributed by atoms with E-state index < -0.39 is 0 Å². The van der Waals surface area contributed by atoms with E-state index in [9.17, 15) is 5.11 Å². The van der Waals surface area contributed by atoms with E-state index in [1.807, 2.05) is 19.1 Å². The van der Waals surface area contributed by atoms with Crippen molar-refractivity contribution in [1.29, 1.82) is 0 Å². The summed E-state index contributed by atoms with van der Waals surface area (Å²) in [6.07, 6.45) is -0.218. The van der Waals surface area contributed by atoms with Crippen LogP contribution in [-0.2, 0) is 6.54 Å². The molecule has 3 nitrogen and oxygen atoms in total. The molecule has 2 unspecified atom stereocenters. The first-order valence-electron chi connectivity index (χ1n) is 6.01. The summed E-state index contributed by atoms with van der Waals surface area (Å²) in [7, 11) is 0. The molecule has 0 amide bonds. The first-order valence-corrected chi connectivity index (χ1v) is 6.39. The fraction of sp³-hybridized carbons (Fsp3) is 0.538. The summed E-state index contributed by atoms with van der Waals surface area (Å²) < 4.78 is 0. The van der Waals surface area contributed by atoms with Crippen molar-refractivity contribution in [2.45, 2.75) is 19.6 Å². The molecule has 17 heavy (non-hydrogen) atoms. The molecule has 0 radical (unpaired) electrons. The molecule has 3 N–H and O–H groups in total. The molecule has 2 atom stereocenters. The van der Waals surface area contributed by atoms with E-state index in [0.29, 0.717) is 12.5 Å². The van der Waals surface area contributed by atoms with Crippen molar-refractivity contribution < 1.29 is 5.11 Å². The Morgan fingerprint density at radius 2 is 2.29 bits per heavy atom. The standard InChI is InChI=1S/C13H19ClN2O/c1-9-2-3-10(4-12(9)14)5-15-6-11-7-16-8-13(11)17/h2-4,11,13,15-17H,5-8H2,1H3. The molecule has 1 aliphatic rings. The Morgan fingerprint density at radius 3 is 2.94 bits per heavy atom. The van der Waals surface area contributed by atoms with E-state index in [1.54, 1.807) is 0 Å². The van der Waals surface area contributed by atoms with Gasteiger partial charge in [0.2, 0.25) is 0 Å². The first kappa shape index (κ1) is 12.8. The van der Waals surface area contributed by atoms with Crippen LogP contribution >= 0.6 is 11.6 Å². The Labute approximate surface area is 107 Å². The summed E-state index contributed by atoms with van der Waals surface area (Å²) in [4.78, 5) is 0. The van der Waals surface area contributed by atoms with Crippen molar-refractivity contribution in [1.82, 2.24) is 10.6 Å². The topological polar surface area (TPSA) is 44.3 Å². The van der Waals surface area contributed by atoms with Gasteiger partial charge in [0.1, 0.15) is 0 Å². The molecule has 1 fully saturated rings. The molecule has 1 saturated heterocycles. The number of halogens is 1. The van der Waals surface area contributed by atoms with Crippen molar-refractivity contribution in [3.8, 4) is 0 Å². The van der Waals surface area contributed by atoms with E-state index in [2.05, 4.69) is 16.7 Å². The molecule has 1 heterocycles. The van der Waals surface area contributed by atoms with Gasteiger partial charge in [-0.2, -0.15) is 0 Å². The molecule has 2 rings (SSSR count). The lowest BCUT2D eigenvalue weighted by Gasteiger charge is -2.14. The van der Waals surface area contributed by atoms with Gasteiger partial charge in [-0.3, -0.25) is 0 Å². The second kappa shape index (κ2) is 5.83. The zero-order chi connectivity index (χ0) is 12.3. The molecule has 1 aromatic carbocycles. The van der Waals surface area contributed by atoms with Crippen molar-refractivity contribution >= 4 is 11.6 Å². The maximum atomic E-state index is 9.64. The molecule has 4 heteroatoms. The summed E-state index contributed by atoms with van der Waals surface area (Å²) in [5.74, 6) is 0.316. The summed E-state index contributed by atoms with van der Waals surface area (Å²) >= 11 is 6.07. The Balaban J connectivity index is 1.79. The lowest BCUT2D eigenvalue weighted by Crippen LogP contribution is -2.30. The minimum atomic E-state index is -0.218. The average Bonchev–Trinajstić information content (AvgIpc) is 2.70. The number of nitrogens with one attached hydrogen (secondary N) is 2. The SMILES string of the molecule is Cc1ccc(CNCC2CNCC2O)cc1Cl. The van der Waals surface area contributed by atoms with E-state index in [-0.39, 0.29) is 6.10 Å². The first-order chi connectivity index (χ1) is 8.16. The van der Waals surface area contributed by atoms with Gasteiger partial charge in [-0.1, -0.05) is 23.7 Å². The highest BCUT2D eigenvalue weighted by molar-refractivity contribution is 6.31. The van der Waals surface area contributed by atoms with Crippen LogP contribution in [0.3, 0.4) is 0 Å². The summed E-state index contributed by atoms with van der Waals surface area (Å²) in [6, 6.07) is 6.11. The van der Waals surface area contributed by atoms with Crippen LogP contribution in [0.15, 0.2) is 18.2 Å². The number of aliphatic hydroxyl groups excluding tert-OH is 1. The van der Waals surface area contributed by atoms with Gasteiger partial charge >= 0.3 is 0 Å². The van der Waals surface area contributed by atoms with E-state index in [4.69, 9.17) is 11.6 Å². The third-order valence-corrected chi connectivity index (χ3v) is 3.68. The molecule has 94 valence electrons. The van der Waals surface area contributed by atoms with Crippen LogP contribution in [0.4, 0.5) is 0 Å². The number of benzene rings is 1. The normalized spacial score (nSPS) is 24.2. The number of aryl methyl sites for hydroxylation is 1. The van der Waals surface area contributed by atoms with Gasteiger partial charge in [-0.25, -0.2) is 0 Å². The van der Waals surface area contributed by atoms with Crippen molar-refractivity contribution in [2.75, 3.05) is 19.6 Å². The molecule has 0 aliphatic carbocycles. The maximum absolute atomic E-state index is 9.64.